The Balaban J connectivity index is 0.777. The third kappa shape index (κ3) is 6.98. The molecule has 0 spiro atoms. The van der Waals surface area contributed by atoms with Crippen LogP contribution in [0.4, 0.5) is 33.2 Å². The van der Waals surface area contributed by atoms with E-state index >= 15 is 4.39 Å². The molecule has 1 atom stereocenters. The average Bonchev–Trinajstić information content (AvgIpc) is 3.69. The maximum absolute atomic E-state index is 16.4. The number of alkyl halides is 1. The minimum Gasteiger partial charge on any atom is -0.371 e. The molecule has 15 nitrogen and oxygen atoms in total. The predicted octanol–water partition coefficient (Wildman–Crippen LogP) is 5.58. The standard InChI is InChI=1S/C44H45FN10O5/c1-25-5-4-6-26(2)36(25)49-37-33-24-46-43(50-38(33)52(3)51-37)47-29-9-7-27(8-10-29)28-15-19-54(20-16-28)42(60)44(45)17-21-53(22-18-44)30-11-12-31-32(23-30)41(59)55(40(31)58)34-13-14-35(56)48-39(34)57/h4-12,23-24,28,34H,13-22H2,1-3H3,(H,49,51)(H,46,47,50)(H,48,56,57). The SMILES string of the molecule is Cc1cccc(C)c1Nc1nn(C)c2nc(Nc3ccc(C4CCN(C(=O)C5(F)CCN(c6ccc7c(c6)C(=O)N(C6CCC(=O)NC6=O)C7=O)CC5)CC4)cc3)ncc12. The van der Waals surface area contributed by atoms with E-state index in [2.05, 4.69) is 64.1 Å². The van der Waals surface area contributed by atoms with Gasteiger partial charge >= 0.3 is 0 Å². The largest absolute Gasteiger partial charge is 0.371 e. The number of rotatable bonds is 8. The third-order valence-electron chi connectivity index (χ3n) is 12.5. The molecule has 3 aromatic carbocycles. The Morgan fingerprint density at radius 1 is 0.867 bits per heavy atom. The van der Waals surface area contributed by atoms with Gasteiger partial charge in [0.15, 0.2) is 17.1 Å². The van der Waals surface area contributed by atoms with E-state index in [-0.39, 0.29) is 55.8 Å². The van der Waals surface area contributed by atoms with Crippen LogP contribution in [0.1, 0.15) is 81.8 Å². The van der Waals surface area contributed by atoms with Gasteiger partial charge in [-0.1, -0.05) is 30.3 Å². The average molecular weight is 813 g/mol. The van der Waals surface area contributed by atoms with Crippen molar-refractivity contribution in [3.05, 3.63) is 94.7 Å². The van der Waals surface area contributed by atoms with E-state index < -0.39 is 41.2 Å². The van der Waals surface area contributed by atoms with Crippen LogP contribution in [0.2, 0.25) is 0 Å². The number of aromatic nitrogens is 4. The lowest BCUT2D eigenvalue weighted by molar-refractivity contribution is -0.146. The van der Waals surface area contributed by atoms with Gasteiger partial charge in [-0.2, -0.15) is 10.1 Å². The number of imide groups is 2. The van der Waals surface area contributed by atoms with Crippen LogP contribution in [0, 0.1) is 13.8 Å². The number of fused-ring (bicyclic) bond motifs is 2. The Kier molecular flexibility index (Phi) is 9.79. The number of nitrogens with zero attached hydrogens (tertiary/aromatic N) is 7. The van der Waals surface area contributed by atoms with Gasteiger partial charge in [0.25, 0.3) is 17.7 Å². The Morgan fingerprint density at radius 3 is 2.27 bits per heavy atom. The molecule has 60 heavy (non-hydrogen) atoms. The molecule has 0 aliphatic carbocycles. The number of nitrogens with one attached hydrogen (secondary N) is 3. The van der Waals surface area contributed by atoms with E-state index in [1.165, 1.54) is 0 Å². The van der Waals surface area contributed by atoms with Gasteiger partial charge in [0, 0.05) is 75.7 Å². The van der Waals surface area contributed by atoms with Gasteiger partial charge in [-0.05, 0) is 86.1 Å². The van der Waals surface area contributed by atoms with Crippen molar-refractivity contribution in [1.82, 2.24) is 34.9 Å². The fourth-order valence-corrected chi connectivity index (χ4v) is 8.98. The quantitative estimate of drug-likeness (QED) is 0.167. The zero-order valence-electron chi connectivity index (χ0n) is 33.6. The molecule has 0 radical (unpaired) electrons. The van der Waals surface area contributed by atoms with Crippen LogP contribution in [0.3, 0.4) is 0 Å². The first-order valence-corrected chi connectivity index (χ1v) is 20.4. The van der Waals surface area contributed by atoms with Crippen LogP contribution in [0.5, 0.6) is 0 Å². The molecule has 0 saturated carbocycles. The molecule has 0 bridgehead atoms. The van der Waals surface area contributed by atoms with E-state index in [0.29, 0.717) is 36.2 Å². The summed E-state index contributed by atoms with van der Waals surface area (Å²) in [6.45, 7) is 5.54. The first kappa shape index (κ1) is 38.8. The summed E-state index contributed by atoms with van der Waals surface area (Å²) < 4.78 is 18.1. The van der Waals surface area contributed by atoms with Crippen molar-refractivity contribution in [2.24, 2.45) is 7.05 Å². The summed E-state index contributed by atoms with van der Waals surface area (Å²) in [5, 5.41) is 14.4. The fraction of sp³-hybridized carbons (Fsp3) is 0.364. The van der Waals surface area contributed by atoms with Gasteiger partial charge in [0.1, 0.15) is 6.04 Å². The molecule has 308 valence electrons. The summed E-state index contributed by atoms with van der Waals surface area (Å²) >= 11 is 0. The number of carbonyl (C=O) groups excluding carboxylic acids is 5. The number of hydrogen-bond acceptors (Lipinski definition) is 11. The van der Waals surface area contributed by atoms with Crippen LogP contribution < -0.4 is 20.9 Å². The third-order valence-corrected chi connectivity index (χ3v) is 12.5. The number of carbonyl (C=O) groups is 5. The number of benzene rings is 3. The molecule has 3 fully saturated rings. The summed E-state index contributed by atoms with van der Waals surface area (Å²) in [6.07, 6.45) is 3.31. The van der Waals surface area contributed by atoms with Crippen LogP contribution >= 0.6 is 0 Å². The Morgan fingerprint density at radius 2 is 1.57 bits per heavy atom. The number of para-hydroxylation sites is 1. The summed E-state index contributed by atoms with van der Waals surface area (Å²) in [5.74, 6) is -1.40. The number of likely N-dealkylation sites (tertiary alicyclic amines) is 1. The van der Waals surface area contributed by atoms with Gasteiger partial charge in [-0.15, -0.1) is 0 Å². The van der Waals surface area contributed by atoms with Crippen molar-refractivity contribution in [2.45, 2.75) is 70.0 Å². The van der Waals surface area contributed by atoms with Gasteiger partial charge in [0.05, 0.1) is 16.5 Å². The molecular weight excluding hydrogens is 768 g/mol. The predicted molar refractivity (Wildman–Crippen MR) is 222 cm³/mol. The number of piperidine rings is 3. The lowest BCUT2D eigenvalue weighted by Crippen LogP contribution is -2.54. The van der Waals surface area contributed by atoms with Crippen molar-refractivity contribution in [1.29, 1.82) is 0 Å². The first-order valence-electron chi connectivity index (χ1n) is 20.4. The molecule has 4 aliphatic heterocycles. The second-order valence-electron chi connectivity index (χ2n) is 16.2. The van der Waals surface area contributed by atoms with Crippen molar-refractivity contribution < 1.29 is 28.4 Å². The maximum Gasteiger partial charge on any atom is 0.262 e. The Labute approximate surface area is 345 Å². The van der Waals surface area contributed by atoms with Crippen molar-refractivity contribution >= 4 is 69.4 Å². The zero-order valence-corrected chi connectivity index (χ0v) is 33.6. The van der Waals surface area contributed by atoms with Gasteiger partial charge < -0.3 is 20.4 Å². The van der Waals surface area contributed by atoms with Crippen LogP contribution in [-0.4, -0.2) is 97.0 Å². The topological polar surface area (TPSA) is 175 Å². The molecule has 9 rings (SSSR count). The number of halogens is 1. The second kappa shape index (κ2) is 15.1. The maximum atomic E-state index is 16.4. The van der Waals surface area contributed by atoms with Crippen molar-refractivity contribution in [3.8, 4) is 0 Å². The van der Waals surface area contributed by atoms with Crippen LogP contribution in [-0.2, 0) is 21.4 Å². The lowest BCUT2D eigenvalue weighted by Gasteiger charge is -2.41. The highest BCUT2D eigenvalue weighted by molar-refractivity contribution is 6.23. The normalized spacial score (nSPS) is 19.5. The molecule has 6 heterocycles. The fourth-order valence-electron chi connectivity index (χ4n) is 8.98. The molecule has 5 aromatic rings. The Hall–Kier alpha value is -6.71. The van der Waals surface area contributed by atoms with E-state index in [4.69, 9.17) is 4.98 Å². The molecule has 5 amide bonds. The first-order chi connectivity index (χ1) is 28.9. The molecule has 2 aromatic heterocycles. The number of anilines is 5. The van der Waals surface area contributed by atoms with Gasteiger partial charge in [-0.3, -0.25) is 34.2 Å². The highest BCUT2D eigenvalue weighted by atomic mass is 19.1. The molecule has 3 saturated heterocycles. The molecule has 16 heteroatoms. The molecule has 4 aliphatic rings. The molecular formula is C44H45FN10O5. The number of amides is 5. The van der Waals surface area contributed by atoms with E-state index in [9.17, 15) is 24.0 Å². The minimum absolute atomic E-state index is 0.00500. The van der Waals surface area contributed by atoms with E-state index in [1.807, 2.05) is 30.1 Å². The summed E-state index contributed by atoms with van der Waals surface area (Å²) in [7, 11) is 1.86. The van der Waals surface area contributed by atoms with Gasteiger partial charge in [-0.25, -0.2) is 14.1 Å². The van der Waals surface area contributed by atoms with Crippen molar-refractivity contribution in [2.75, 3.05) is 41.7 Å². The summed E-state index contributed by atoms with van der Waals surface area (Å²) in [6, 6.07) is 18.1. The highest BCUT2D eigenvalue weighted by Gasteiger charge is 2.47. The summed E-state index contributed by atoms with van der Waals surface area (Å²) in [4.78, 5) is 77.9. The van der Waals surface area contributed by atoms with Crippen molar-refractivity contribution in [3.63, 3.8) is 0 Å². The monoisotopic (exact) mass is 812 g/mol. The van der Waals surface area contributed by atoms with Crippen LogP contribution in [0.25, 0.3) is 11.0 Å². The van der Waals surface area contributed by atoms with E-state index in [1.54, 1.807) is 34.0 Å². The summed E-state index contributed by atoms with van der Waals surface area (Å²) in [5.41, 5.74) is 4.91. The second-order valence-corrected chi connectivity index (χ2v) is 16.2. The smallest absolute Gasteiger partial charge is 0.262 e. The molecule has 3 N–H and O–H groups in total. The number of aryl methyl sites for hydroxylation is 3. The van der Waals surface area contributed by atoms with Crippen LogP contribution in [0.15, 0.2) is 66.9 Å². The zero-order chi connectivity index (χ0) is 41.9. The highest BCUT2D eigenvalue weighted by Crippen LogP contribution is 2.37. The number of hydrogen-bond donors (Lipinski definition) is 3. The van der Waals surface area contributed by atoms with Gasteiger partial charge in [0.2, 0.25) is 17.8 Å². The van der Waals surface area contributed by atoms with E-state index in [0.717, 1.165) is 51.2 Å². The lowest BCUT2D eigenvalue weighted by atomic mass is 9.87. The minimum atomic E-state index is -2.00. The Bertz CT molecular complexity index is 2560. The molecule has 1 unspecified atom stereocenters.